The van der Waals surface area contributed by atoms with Gasteiger partial charge < -0.3 is 25.4 Å². The average Bonchev–Trinajstić information content (AvgIpc) is 3.33. The molecule has 0 saturated carbocycles. The SMILES string of the molecule is CCc1ccc(C(=O)OCC2OC(n3cnc4c(N)ncnc43)C(O)C2O)cc1S(=O)(=O)F. The Morgan fingerprint density at radius 1 is 1.27 bits per heavy atom. The Labute approximate surface area is 187 Å². The first-order chi connectivity index (χ1) is 15.6. The van der Waals surface area contributed by atoms with Crippen molar-refractivity contribution in [2.75, 3.05) is 12.3 Å². The van der Waals surface area contributed by atoms with Gasteiger partial charge in [-0.2, -0.15) is 8.42 Å². The molecule has 0 amide bonds. The van der Waals surface area contributed by atoms with Crippen LogP contribution < -0.4 is 5.73 Å². The number of hydrogen-bond donors (Lipinski definition) is 3. The summed E-state index contributed by atoms with van der Waals surface area (Å²) in [7, 11) is -5.04. The molecule has 33 heavy (non-hydrogen) atoms. The molecule has 3 aromatic rings. The van der Waals surface area contributed by atoms with Crippen molar-refractivity contribution >= 4 is 33.2 Å². The Morgan fingerprint density at radius 3 is 2.73 bits per heavy atom. The summed E-state index contributed by atoms with van der Waals surface area (Å²) < 4.78 is 48.5. The molecule has 0 radical (unpaired) electrons. The van der Waals surface area contributed by atoms with Crippen molar-refractivity contribution in [2.45, 2.75) is 42.8 Å². The molecule has 176 valence electrons. The van der Waals surface area contributed by atoms with Gasteiger partial charge in [-0.05, 0) is 24.1 Å². The van der Waals surface area contributed by atoms with E-state index in [1.54, 1.807) is 6.92 Å². The third-order valence-corrected chi connectivity index (χ3v) is 6.23. The van der Waals surface area contributed by atoms with Crippen molar-refractivity contribution in [3.63, 3.8) is 0 Å². The van der Waals surface area contributed by atoms with Gasteiger partial charge in [0.1, 0.15) is 41.7 Å². The second kappa shape index (κ2) is 8.62. The molecule has 1 aliphatic rings. The Hall–Kier alpha value is -3.20. The fourth-order valence-electron chi connectivity index (χ4n) is 3.59. The minimum Gasteiger partial charge on any atom is -0.459 e. The van der Waals surface area contributed by atoms with Crippen LogP contribution in [0, 0.1) is 0 Å². The molecule has 0 bridgehead atoms. The molecule has 0 spiro atoms. The highest BCUT2D eigenvalue weighted by Gasteiger charge is 2.45. The van der Waals surface area contributed by atoms with E-state index in [1.165, 1.54) is 29.4 Å². The number of aryl methyl sites for hydroxylation is 1. The first-order valence-electron chi connectivity index (χ1n) is 9.81. The number of anilines is 1. The number of aliphatic hydroxyl groups excluding tert-OH is 2. The summed E-state index contributed by atoms with van der Waals surface area (Å²) in [4.78, 5) is 23.8. The molecule has 14 heteroatoms. The fraction of sp³-hybridized carbons (Fsp3) is 0.368. The lowest BCUT2D eigenvalue weighted by atomic mass is 10.1. The Morgan fingerprint density at radius 2 is 2.03 bits per heavy atom. The zero-order valence-corrected chi connectivity index (χ0v) is 18.0. The maximum absolute atomic E-state index is 13.6. The number of benzene rings is 1. The molecular formula is C19H20FN5O7S. The zero-order valence-electron chi connectivity index (χ0n) is 17.2. The largest absolute Gasteiger partial charge is 0.459 e. The van der Waals surface area contributed by atoms with Crippen LogP contribution >= 0.6 is 0 Å². The summed E-state index contributed by atoms with van der Waals surface area (Å²) >= 11 is 0. The smallest absolute Gasteiger partial charge is 0.338 e. The number of ether oxygens (including phenoxy) is 2. The quantitative estimate of drug-likeness (QED) is 0.321. The summed E-state index contributed by atoms with van der Waals surface area (Å²) in [5.41, 5.74) is 6.33. The number of nitrogens with two attached hydrogens (primary N) is 1. The molecule has 1 aromatic carbocycles. The number of nitrogen functional groups attached to an aromatic ring is 1. The van der Waals surface area contributed by atoms with Crippen molar-refractivity contribution in [1.82, 2.24) is 19.5 Å². The average molecular weight is 481 g/mol. The predicted octanol–water partition coefficient (Wildman–Crippen LogP) is 0.105. The highest BCUT2D eigenvalue weighted by atomic mass is 32.3. The fourth-order valence-corrected chi connectivity index (χ4v) is 4.39. The van der Waals surface area contributed by atoms with Crippen LogP contribution in [0.1, 0.15) is 29.1 Å². The van der Waals surface area contributed by atoms with E-state index < -0.39 is 52.2 Å². The number of halogens is 1. The number of aromatic nitrogens is 4. The van der Waals surface area contributed by atoms with E-state index >= 15 is 0 Å². The second-order valence-electron chi connectivity index (χ2n) is 7.34. The summed E-state index contributed by atoms with van der Waals surface area (Å²) in [6, 6.07) is 3.52. The number of fused-ring (bicyclic) bond motifs is 1. The lowest BCUT2D eigenvalue weighted by Gasteiger charge is -2.16. The first kappa shape index (κ1) is 23.0. The van der Waals surface area contributed by atoms with Gasteiger partial charge in [0.2, 0.25) is 0 Å². The van der Waals surface area contributed by atoms with Crippen molar-refractivity contribution in [3.05, 3.63) is 42.0 Å². The van der Waals surface area contributed by atoms with E-state index in [1.807, 2.05) is 0 Å². The van der Waals surface area contributed by atoms with Crippen molar-refractivity contribution < 1.29 is 36.8 Å². The molecule has 4 atom stereocenters. The molecule has 1 saturated heterocycles. The van der Waals surface area contributed by atoms with Crippen molar-refractivity contribution in [3.8, 4) is 0 Å². The van der Waals surface area contributed by atoms with Crippen LogP contribution in [-0.4, -0.2) is 69.0 Å². The third kappa shape index (κ3) is 4.25. The van der Waals surface area contributed by atoms with Crippen molar-refractivity contribution in [2.24, 2.45) is 0 Å². The molecule has 3 heterocycles. The van der Waals surface area contributed by atoms with E-state index in [2.05, 4.69) is 15.0 Å². The van der Waals surface area contributed by atoms with Crippen LogP contribution in [0.25, 0.3) is 11.2 Å². The molecular weight excluding hydrogens is 461 g/mol. The molecule has 1 fully saturated rings. The number of carbonyl (C=O) groups is 1. The highest BCUT2D eigenvalue weighted by Crippen LogP contribution is 2.32. The molecule has 4 unspecified atom stereocenters. The molecule has 2 aromatic heterocycles. The van der Waals surface area contributed by atoms with Crippen molar-refractivity contribution in [1.29, 1.82) is 0 Å². The van der Waals surface area contributed by atoms with Gasteiger partial charge in [-0.3, -0.25) is 4.57 Å². The Balaban J connectivity index is 1.49. The number of hydrogen-bond acceptors (Lipinski definition) is 11. The number of aliphatic hydroxyl groups is 2. The van der Waals surface area contributed by atoms with Gasteiger partial charge >= 0.3 is 16.2 Å². The Bertz CT molecular complexity index is 1320. The van der Waals surface area contributed by atoms with Crippen LogP contribution in [0.4, 0.5) is 9.70 Å². The second-order valence-corrected chi connectivity index (χ2v) is 8.66. The van der Waals surface area contributed by atoms with Gasteiger partial charge in [0.05, 0.1) is 11.9 Å². The van der Waals surface area contributed by atoms with Gasteiger partial charge in [0.25, 0.3) is 0 Å². The number of rotatable bonds is 6. The molecule has 0 aliphatic carbocycles. The summed E-state index contributed by atoms with van der Waals surface area (Å²) in [6.07, 6.45) is -2.28. The monoisotopic (exact) mass is 481 g/mol. The standard InChI is InChI=1S/C19H20FN5O7S/c1-2-9-3-4-10(5-12(9)33(20,29)30)19(28)31-6-11-14(26)15(27)18(32-11)25-8-24-13-16(21)22-7-23-17(13)25/h3-5,7-8,11,14-15,18,26-27H,2,6H2,1H3,(H2,21,22,23). The van der Waals surface area contributed by atoms with Gasteiger partial charge in [0.15, 0.2) is 17.7 Å². The molecule has 1 aliphatic heterocycles. The lowest BCUT2D eigenvalue weighted by Crippen LogP contribution is -2.34. The maximum atomic E-state index is 13.6. The summed E-state index contributed by atoms with van der Waals surface area (Å²) in [6.45, 7) is 1.18. The number of nitrogens with zero attached hydrogens (tertiary/aromatic N) is 4. The Kier molecular flexibility index (Phi) is 6.00. The van der Waals surface area contributed by atoms with E-state index in [0.29, 0.717) is 0 Å². The molecule has 4 N–H and O–H groups in total. The highest BCUT2D eigenvalue weighted by molar-refractivity contribution is 7.86. The van der Waals surface area contributed by atoms with E-state index in [4.69, 9.17) is 15.2 Å². The lowest BCUT2D eigenvalue weighted by molar-refractivity contribution is -0.0565. The van der Waals surface area contributed by atoms with E-state index in [9.17, 15) is 27.3 Å². The number of esters is 1. The van der Waals surface area contributed by atoms with Crippen LogP contribution in [0.2, 0.25) is 0 Å². The summed E-state index contributed by atoms with van der Waals surface area (Å²) in [5.74, 6) is -0.828. The first-order valence-corrected chi connectivity index (χ1v) is 11.2. The maximum Gasteiger partial charge on any atom is 0.338 e. The molecule has 4 rings (SSSR count). The zero-order chi connectivity index (χ0) is 23.9. The van der Waals surface area contributed by atoms with E-state index in [0.717, 1.165) is 6.07 Å². The minimum atomic E-state index is -5.04. The minimum absolute atomic E-state index is 0.126. The molecule has 12 nitrogen and oxygen atoms in total. The predicted molar refractivity (Wildman–Crippen MR) is 110 cm³/mol. The number of carbonyl (C=O) groups excluding carboxylic acids is 1. The van der Waals surface area contributed by atoms with Crippen LogP contribution in [0.3, 0.4) is 0 Å². The van der Waals surface area contributed by atoms with Gasteiger partial charge in [-0.1, -0.05) is 13.0 Å². The van der Waals surface area contributed by atoms with E-state index in [-0.39, 0.29) is 34.5 Å². The van der Waals surface area contributed by atoms with Gasteiger partial charge in [-0.25, -0.2) is 19.7 Å². The third-order valence-electron chi connectivity index (χ3n) is 5.32. The summed E-state index contributed by atoms with van der Waals surface area (Å²) in [5, 5.41) is 20.8. The topological polar surface area (TPSA) is 180 Å². The van der Waals surface area contributed by atoms with Crippen LogP contribution in [0.5, 0.6) is 0 Å². The van der Waals surface area contributed by atoms with Crippen LogP contribution in [0.15, 0.2) is 35.7 Å². The normalized spacial score (nSPS) is 23.2. The van der Waals surface area contributed by atoms with Gasteiger partial charge in [-0.15, -0.1) is 3.89 Å². The van der Waals surface area contributed by atoms with Gasteiger partial charge in [0, 0.05) is 0 Å². The number of imidazole rings is 1. The van der Waals surface area contributed by atoms with Crippen LogP contribution in [-0.2, 0) is 26.1 Å².